The molecule has 0 saturated heterocycles. The summed E-state index contributed by atoms with van der Waals surface area (Å²) in [5, 5.41) is 3.33. The van der Waals surface area contributed by atoms with Crippen molar-refractivity contribution in [2.75, 3.05) is 33.9 Å². The van der Waals surface area contributed by atoms with Crippen LogP contribution in [0.25, 0.3) is 0 Å². The van der Waals surface area contributed by atoms with E-state index in [1.165, 1.54) is 0 Å². The predicted molar refractivity (Wildman–Crippen MR) is 58.4 cm³/mol. The molecule has 0 aliphatic heterocycles. The van der Waals surface area contributed by atoms with E-state index in [9.17, 15) is 0 Å². The summed E-state index contributed by atoms with van der Waals surface area (Å²) in [6, 6.07) is 0.292. The molecule has 0 aromatic carbocycles. The van der Waals surface area contributed by atoms with Gasteiger partial charge in [0.2, 0.25) is 0 Å². The second kappa shape index (κ2) is 7.17. The second-order valence-electron chi connectivity index (χ2n) is 4.05. The molecule has 4 nitrogen and oxygen atoms in total. The Kier molecular flexibility index (Phi) is 7.09. The standard InChI is InChI=1S/C10H24N2O2/c1-10(2,14-4)7-9(8-11)12-5-6-13-3/h9,12H,5-8,11H2,1-4H3. The number of nitrogens with two attached hydrogens (primary N) is 1. The first-order chi connectivity index (χ1) is 6.55. The van der Waals surface area contributed by atoms with Crippen LogP contribution in [0.15, 0.2) is 0 Å². The molecule has 1 unspecified atom stereocenters. The zero-order valence-corrected chi connectivity index (χ0v) is 9.80. The van der Waals surface area contributed by atoms with Crippen LogP contribution in [-0.4, -0.2) is 45.6 Å². The Bertz CT molecular complexity index is 140. The predicted octanol–water partition coefficient (Wildman–Crippen LogP) is 0.365. The molecule has 14 heavy (non-hydrogen) atoms. The Morgan fingerprint density at radius 1 is 1.36 bits per heavy atom. The van der Waals surface area contributed by atoms with Gasteiger partial charge in [-0.3, -0.25) is 0 Å². The van der Waals surface area contributed by atoms with Crippen molar-refractivity contribution in [1.29, 1.82) is 0 Å². The lowest BCUT2D eigenvalue weighted by Gasteiger charge is -2.28. The number of hydrogen-bond acceptors (Lipinski definition) is 4. The summed E-state index contributed by atoms with van der Waals surface area (Å²) in [6.07, 6.45) is 0.906. The van der Waals surface area contributed by atoms with Crippen LogP contribution in [0.3, 0.4) is 0 Å². The van der Waals surface area contributed by atoms with Crippen molar-refractivity contribution in [2.45, 2.75) is 31.9 Å². The SMILES string of the molecule is COCCNC(CN)CC(C)(C)OC. The van der Waals surface area contributed by atoms with E-state index in [0.29, 0.717) is 19.2 Å². The number of ether oxygens (including phenoxy) is 2. The van der Waals surface area contributed by atoms with Gasteiger partial charge in [0.25, 0.3) is 0 Å². The molecule has 0 spiro atoms. The minimum Gasteiger partial charge on any atom is -0.383 e. The van der Waals surface area contributed by atoms with Crippen molar-refractivity contribution in [2.24, 2.45) is 5.73 Å². The molecular weight excluding hydrogens is 180 g/mol. The summed E-state index contributed by atoms with van der Waals surface area (Å²) >= 11 is 0. The molecule has 3 N–H and O–H groups in total. The maximum Gasteiger partial charge on any atom is 0.0638 e. The van der Waals surface area contributed by atoms with Crippen LogP contribution in [0.1, 0.15) is 20.3 Å². The third kappa shape index (κ3) is 6.32. The van der Waals surface area contributed by atoms with Gasteiger partial charge in [0.15, 0.2) is 0 Å². The van der Waals surface area contributed by atoms with E-state index in [0.717, 1.165) is 13.0 Å². The molecule has 0 aliphatic rings. The van der Waals surface area contributed by atoms with Crippen molar-refractivity contribution < 1.29 is 9.47 Å². The molecule has 0 heterocycles. The smallest absolute Gasteiger partial charge is 0.0638 e. The highest BCUT2D eigenvalue weighted by atomic mass is 16.5. The Labute approximate surface area is 87.1 Å². The van der Waals surface area contributed by atoms with Gasteiger partial charge in [0.05, 0.1) is 12.2 Å². The van der Waals surface area contributed by atoms with Gasteiger partial charge in [-0.25, -0.2) is 0 Å². The maximum atomic E-state index is 5.66. The maximum absolute atomic E-state index is 5.66. The molecule has 0 aliphatic carbocycles. The van der Waals surface area contributed by atoms with Gasteiger partial charge in [-0.15, -0.1) is 0 Å². The number of methoxy groups -OCH3 is 2. The van der Waals surface area contributed by atoms with Gasteiger partial charge >= 0.3 is 0 Å². The van der Waals surface area contributed by atoms with Gasteiger partial charge in [-0.2, -0.15) is 0 Å². The molecule has 0 fully saturated rings. The van der Waals surface area contributed by atoms with Crippen LogP contribution in [0.5, 0.6) is 0 Å². The van der Waals surface area contributed by atoms with Gasteiger partial charge < -0.3 is 20.5 Å². The fourth-order valence-corrected chi connectivity index (χ4v) is 1.28. The molecule has 0 saturated carbocycles. The van der Waals surface area contributed by atoms with Gasteiger partial charge in [-0.1, -0.05) is 0 Å². The third-order valence-corrected chi connectivity index (χ3v) is 2.31. The first kappa shape index (κ1) is 13.8. The van der Waals surface area contributed by atoms with E-state index in [1.807, 2.05) is 0 Å². The Hall–Kier alpha value is -0.160. The van der Waals surface area contributed by atoms with Crippen molar-refractivity contribution in [3.8, 4) is 0 Å². The fraction of sp³-hybridized carbons (Fsp3) is 1.00. The Morgan fingerprint density at radius 3 is 2.43 bits per heavy atom. The highest BCUT2D eigenvalue weighted by Crippen LogP contribution is 2.14. The van der Waals surface area contributed by atoms with Gasteiger partial charge in [0, 0.05) is 33.4 Å². The average Bonchev–Trinajstić information content (AvgIpc) is 2.16. The number of nitrogens with one attached hydrogen (secondary N) is 1. The Morgan fingerprint density at radius 2 is 2.00 bits per heavy atom. The van der Waals surface area contributed by atoms with E-state index >= 15 is 0 Å². The molecule has 0 rings (SSSR count). The van der Waals surface area contributed by atoms with E-state index in [1.54, 1.807) is 14.2 Å². The molecule has 4 heteroatoms. The lowest BCUT2D eigenvalue weighted by molar-refractivity contribution is 0.00733. The first-order valence-electron chi connectivity index (χ1n) is 5.03. The van der Waals surface area contributed by atoms with Crippen molar-refractivity contribution in [3.05, 3.63) is 0 Å². The van der Waals surface area contributed by atoms with Crippen molar-refractivity contribution >= 4 is 0 Å². The van der Waals surface area contributed by atoms with Crippen LogP contribution < -0.4 is 11.1 Å². The minimum atomic E-state index is -0.121. The fourth-order valence-electron chi connectivity index (χ4n) is 1.28. The van der Waals surface area contributed by atoms with Crippen LogP contribution in [0, 0.1) is 0 Å². The minimum absolute atomic E-state index is 0.121. The zero-order chi connectivity index (χ0) is 11.0. The highest BCUT2D eigenvalue weighted by molar-refractivity contribution is 4.78. The molecule has 86 valence electrons. The normalized spacial score (nSPS) is 14.4. The van der Waals surface area contributed by atoms with Crippen LogP contribution in [0.4, 0.5) is 0 Å². The molecular formula is C10H24N2O2. The summed E-state index contributed by atoms with van der Waals surface area (Å²) < 4.78 is 10.3. The summed E-state index contributed by atoms with van der Waals surface area (Å²) in [5.74, 6) is 0. The van der Waals surface area contributed by atoms with Gasteiger partial charge in [0.1, 0.15) is 0 Å². The molecule has 0 bridgehead atoms. The van der Waals surface area contributed by atoms with Crippen molar-refractivity contribution in [3.63, 3.8) is 0 Å². The molecule has 0 aromatic heterocycles. The molecule has 0 amide bonds. The largest absolute Gasteiger partial charge is 0.383 e. The van der Waals surface area contributed by atoms with E-state index in [4.69, 9.17) is 15.2 Å². The summed E-state index contributed by atoms with van der Waals surface area (Å²) in [6.45, 7) is 6.29. The quantitative estimate of drug-likeness (QED) is 0.561. The monoisotopic (exact) mass is 204 g/mol. The summed E-state index contributed by atoms with van der Waals surface area (Å²) in [5.41, 5.74) is 5.54. The number of hydrogen-bond donors (Lipinski definition) is 2. The van der Waals surface area contributed by atoms with Crippen LogP contribution >= 0.6 is 0 Å². The molecule has 0 aromatic rings. The average molecular weight is 204 g/mol. The summed E-state index contributed by atoms with van der Waals surface area (Å²) in [4.78, 5) is 0. The lowest BCUT2D eigenvalue weighted by Crippen LogP contribution is -2.43. The van der Waals surface area contributed by atoms with Crippen LogP contribution in [0.2, 0.25) is 0 Å². The van der Waals surface area contributed by atoms with Gasteiger partial charge in [-0.05, 0) is 20.3 Å². The topological polar surface area (TPSA) is 56.5 Å². The van der Waals surface area contributed by atoms with E-state index in [-0.39, 0.29) is 5.60 Å². The molecule has 0 radical (unpaired) electrons. The van der Waals surface area contributed by atoms with E-state index in [2.05, 4.69) is 19.2 Å². The first-order valence-corrected chi connectivity index (χ1v) is 5.03. The second-order valence-corrected chi connectivity index (χ2v) is 4.05. The lowest BCUT2D eigenvalue weighted by atomic mass is 9.99. The molecule has 1 atom stereocenters. The van der Waals surface area contributed by atoms with E-state index < -0.39 is 0 Å². The highest BCUT2D eigenvalue weighted by Gasteiger charge is 2.21. The third-order valence-electron chi connectivity index (χ3n) is 2.31. The summed E-state index contributed by atoms with van der Waals surface area (Å²) in [7, 11) is 3.42. The zero-order valence-electron chi connectivity index (χ0n) is 9.80. The number of rotatable bonds is 8. The Balaban J connectivity index is 3.78. The van der Waals surface area contributed by atoms with Crippen molar-refractivity contribution in [1.82, 2.24) is 5.32 Å². The van der Waals surface area contributed by atoms with Crippen LogP contribution in [-0.2, 0) is 9.47 Å².